The van der Waals surface area contributed by atoms with Crippen molar-refractivity contribution in [3.8, 4) is 17.1 Å². The van der Waals surface area contributed by atoms with Crippen LogP contribution in [0.5, 0.6) is 5.75 Å². The van der Waals surface area contributed by atoms with E-state index in [1.165, 1.54) is 0 Å². The van der Waals surface area contributed by atoms with Gasteiger partial charge in [0.25, 0.3) is 0 Å². The summed E-state index contributed by atoms with van der Waals surface area (Å²) in [6, 6.07) is 17.5. The first kappa shape index (κ1) is 19.1. The third-order valence-electron chi connectivity index (χ3n) is 5.21. The summed E-state index contributed by atoms with van der Waals surface area (Å²) in [4.78, 5) is 17.3. The van der Waals surface area contributed by atoms with Crippen molar-refractivity contribution in [3.63, 3.8) is 0 Å². The minimum Gasteiger partial charge on any atom is -0.497 e. The van der Waals surface area contributed by atoms with Gasteiger partial charge in [-0.25, -0.2) is 0 Å². The molecule has 2 N–H and O–H groups in total. The van der Waals surface area contributed by atoms with Crippen molar-refractivity contribution in [2.24, 2.45) is 5.41 Å². The van der Waals surface area contributed by atoms with E-state index in [0.29, 0.717) is 44.2 Å². The minimum absolute atomic E-state index is 0.0434. The summed E-state index contributed by atoms with van der Waals surface area (Å²) >= 11 is 0. The molecule has 3 aromatic rings. The Morgan fingerprint density at radius 1 is 1.21 bits per heavy atom. The fourth-order valence-corrected chi connectivity index (χ4v) is 3.50. The molecule has 0 radical (unpaired) electrons. The summed E-state index contributed by atoms with van der Waals surface area (Å²) < 4.78 is 10.6. The van der Waals surface area contributed by atoms with Gasteiger partial charge in [-0.3, -0.25) is 4.79 Å². The van der Waals surface area contributed by atoms with Crippen LogP contribution in [0.3, 0.4) is 0 Å². The lowest BCUT2D eigenvalue weighted by atomic mass is 9.75. The van der Waals surface area contributed by atoms with Crippen LogP contribution in [0, 0.1) is 5.41 Å². The number of benzene rings is 2. The molecular formula is C22H24N4O3. The average molecular weight is 392 g/mol. The zero-order valence-corrected chi connectivity index (χ0v) is 16.4. The van der Waals surface area contributed by atoms with Crippen LogP contribution in [-0.4, -0.2) is 42.8 Å². The maximum atomic E-state index is 12.9. The van der Waals surface area contributed by atoms with Crippen LogP contribution in [-0.2, 0) is 17.6 Å². The van der Waals surface area contributed by atoms with Gasteiger partial charge in [-0.1, -0.05) is 47.6 Å². The van der Waals surface area contributed by atoms with Gasteiger partial charge in [0.2, 0.25) is 17.6 Å². The predicted octanol–water partition coefficient (Wildman–Crippen LogP) is 2.24. The Bertz CT molecular complexity index is 967. The highest BCUT2D eigenvalue weighted by Gasteiger charge is 2.44. The van der Waals surface area contributed by atoms with Gasteiger partial charge in [0.15, 0.2) is 0 Å². The van der Waals surface area contributed by atoms with Gasteiger partial charge in [-0.05, 0) is 24.1 Å². The number of hydrogen-bond donors (Lipinski definition) is 2. The summed E-state index contributed by atoms with van der Waals surface area (Å²) in [6.07, 6.45) is 1.16. The summed E-state index contributed by atoms with van der Waals surface area (Å²) in [5.41, 5.74) is 1.56. The Kier molecular flexibility index (Phi) is 5.57. The molecule has 4 rings (SSSR count). The molecule has 0 bridgehead atoms. The summed E-state index contributed by atoms with van der Waals surface area (Å²) in [5, 5.41) is 10.3. The molecule has 7 nitrogen and oxygen atoms in total. The lowest BCUT2D eigenvalue weighted by Crippen LogP contribution is -2.62. The van der Waals surface area contributed by atoms with E-state index >= 15 is 0 Å². The Morgan fingerprint density at radius 3 is 2.76 bits per heavy atom. The van der Waals surface area contributed by atoms with Crippen molar-refractivity contribution < 1.29 is 14.1 Å². The monoisotopic (exact) mass is 392 g/mol. The van der Waals surface area contributed by atoms with E-state index in [0.717, 1.165) is 16.9 Å². The molecule has 1 fully saturated rings. The molecule has 1 aliphatic heterocycles. The first-order valence-electron chi connectivity index (χ1n) is 9.68. The van der Waals surface area contributed by atoms with Crippen LogP contribution in [0.2, 0.25) is 0 Å². The van der Waals surface area contributed by atoms with Crippen molar-refractivity contribution in [1.82, 2.24) is 20.8 Å². The smallest absolute Gasteiger partial charge is 0.229 e. The first-order valence-corrected chi connectivity index (χ1v) is 9.68. The maximum Gasteiger partial charge on any atom is 0.229 e. The van der Waals surface area contributed by atoms with Crippen molar-refractivity contribution in [1.29, 1.82) is 0 Å². The molecule has 0 aliphatic carbocycles. The lowest BCUT2D eigenvalue weighted by molar-refractivity contribution is -0.133. The van der Waals surface area contributed by atoms with E-state index in [-0.39, 0.29) is 5.91 Å². The molecule has 0 atom stereocenters. The summed E-state index contributed by atoms with van der Waals surface area (Å²) in [6.45, 7) is 1.78. The van der Waals surface area contributed by atoms with Gasteiger partial charge >= 0.3 is 0 Å². The second kappa shape index (κ2) is 8.45. The van der Waals surface area contributed by atoms with Gasteiger partial charge in [-0.15, -0.1) is 0 Å². The number of carbonyl (C=O) groups is 1. The van der Waals surface area contributed by atoms with E-state index < -0.39 is 5.41 Å². The van der Waals surface area contributed by atoms with E-state index in [4.69, 9.17) is 9.26 Å². The van der Waals surface area contributed by atoms with Crippen LogP contribution in [0.1, 0.15) is 11.5 Å². The fourth-order valence-electron chi connectivity index (χ4n) is 3.50. The molecule has 0 saturated carbocycles. The standard InChI is InChI=1S/C22H24N4O3/c1-28-18-9-5-6-16(12-18)13-22(14-23-15-22)21(27)24-11-10-19-25-20(26-29-19)17-7-3-2-4-8-17/h2-9,12,23H,10-11,13-15H2,1H3,(H,24,27). The number of methoxy groups -OCH3 is 1. The number of nitrogens with one attached hydrogen (secondary N) is 2. The second-order valence-electron chi connectivity index (χ2n) is 7.30. The van der Waals surface area contributed by atoms with Gasteiger partial charge in [0.1, 0.15) is 5.75 Å². The molecular weight excluding hydrogens is 368 g/mol. The van der Waals surface area contributed by atoms with Gasteiger partial charge in [0, 0.05) is 31.6 Å². The minimum atomic E-state index is -0.434. The molecule has 150 valence electrons. The van der Waals surface area contributed by atoms with Crippen molar-refractivity contribution >= 4 is 5.91 Å². The predicted molar refractivity (Wildman–Crippen MR) is 108 cm³/mol. The number of ether oxygens (including phenoxy) is 1. The van der Waals surface area contributed by atoms with Crippen LogP contribution in [0.4, 0.5) is 0 Å². The van der Waals surface area contributed by atoms with Crippen LogP contribution in [0.15, 0.2) is 59.1 Å². The quantitative estimate of drug-likeness (QED) is 0.611. The number of hydrogen-bond acceptors (Lipinski definition) is 6. The molecule has 1 aliphatic rings. The molecule has 2 heterocycles. The Labute approximate surface area is 169 Å². The van der Waals surface area contributed by atoms with Gasteiger partial charge < -0.3 is 19.9 Å². The van der Waals surface area contributed by atoms with Crippen molar-refractivity contribution in [2.45, 2.75) is 12.8 Å². The third-order valence-corrected chi connectivity index (χ3v) is 5.21. The van der Waals surface area contributed by atoms with E-state index in [1.54, 1.807) is 7.11 Å². The Morgan fingerprint density at radius 2 is 2.03 bits per heavy atom. The van der Waals surface area contributed by atoms with E-state index in [1.807, 2.05) is 54.6 Å². The second-order valence-corrected chi connectivity index (χ2v) is 7.30. The van der Waals surface area contributed by atoms with Crippen LogP contribution >= 0.6 is 0 Å². The Balaban J connectivity index is 1.33. The number of carbonyl (C=O) groups excluding carboxylic acids is 1. The average Bonchev–Trinajstić information content (AvgIpc) is 3.20. The largest absolute Gasteiger partial charge is 0.497 e. The highest BCUT2D eigenvalue weighted by Crippen LogP contribution is 2.29. The molecule has 2 aromatic carbocycles. The fraction of sp³-hybridized carbons (Fsp3) is 0.318. The highest BCUT2D eigenvalue weighted by molar-refractivity contribution is 5.84. The van der Waals surface area contributed by atoms with E-state index in [2.05, 4.69) is 20.8 Å². The number of nitrogens with zero attached hydrogens (tertiary/aromatic N) is 2. The zero-order valence-electron chi connectivity index (χ0n) is 16.4. The highest BCUT2D eigenvalue weighted by atomic mass is 16.5. The topological polar surface area (TPSA) is 89.3 Å². The molecule has 29 heavy (non-hydrogen) atoms. The van der Waals surface area contributed by atoms with Crippen molar-refractivity contribution in [3.05, 3.63) is 66.1 Å². The molecule has 1 aromatic heterocycles. The zero-order chi connectivity index (χ0) is 20.1. The van der Waals surface area contributed by atoms with Crippen molar-refractivity contribution in [2.75, 3.05) is 26.7 Å². The number of amides is 1. The van der Waals surface area contributed by atoms with Crippen LogP contribution in [0.25, 0.3) is 11.4 Å². The lowest BCUT2D eigenvalue weighted by Gasteiger charge is -2.41. The number of rotatable bonds is 8. The first-order chi connectivity index (χ1) is 14.2. The van der Waals surface area contributed by atoms with E-state index in [9.17, 15) is 4.79 Å². The molecule has 0 spiro atoms. The molecule has 1 amide bonds. The normalized spacial score (nSPS) is 14.8. The van der Waals surface area contributed by atoms with Gasteiger partial charge in [0.05, 0.1) is 12.5 Å². The maximum absolute atomic E-state index is 12.9. The summed E-state index contributed by atoms with van der Waals surface area (Å²) in [5.74, 6) is 1.92. The number of aromatic nitrogens is 2. The van der Waals surface area contributed by atoms with Crippen LogP contribution < -0.4 is 15.4 Å². The molecule has 1 saturated heterocycles. The Hall–Kier alpha value is -3.19. The SMILES string of the molecule is COc1cccc(CC2(C(=O)NCCc3nc(-c4ccccc4)no3)CNC2)c1. The summed E-state index contributed by atoms with van der Waals surface area (Å²) in [7, 11) is 1.65. The molecule has 0 unspecified atom stereocenters. The third kappa shape index (κ3) is 4.30. The van der Waals surface area contributed by atoms with Gasteiger partial charge in [-0.2, -0.15) is 4.98 Å². The molecule has 7 heteroatoms.